The number of carbonyl (C=O) groups is 3. The highest BCUT2D eigenvalue weighted by molar-refractivity contribution is 6.21. The maximum absolute atomic E-state index is 11.9. The van der Waals surface area contributed by atoms with Gasteiger partial charge in [0, 0.05) is 18.2 Å². The van der Waals surface area contributed by atoms with E-state index in [1.54, 1.807) is 6.07 Å². The Bertz CT molecular complexity index is 539. The predicted molar refractivity (Wildman–Crippen MR) is 60.5 cm³/mol. The molecule has 1 aromatic rings. The van der Waals surface area contributed by atoms with Crippen molar-refractivity contribution in [1.29, 1.82) is 0 Å². The van der Waals surface area contributed by atoms with Crippen molar-refractivity contribution in [2.24, 2.45) is 0 Å². The third-order valence-corrected chi connectivity index (χ3v) is 2.76. The summed E-state index contributed by atoms with van der Waals surface area (Å²) in [6.45, 7) is 0.0697. The van der Waals surface area contributed by atoms with E-state index in [0.717, 1.165) is 4.90 Å². The first-order valence-corrected chi connectivity index (χ1v) is 5.46. The number of aliphatic carboxylic acids is 1. The molecule has 94 valence electrons. The lowest BCUT2D eigenvalue weighted by Crippen LogP contribution is -2.32. The first kappa shape index (κ1) is 12.1. The van der Waals surface area contributed by atoms with Crippen LogP contribution in [0.1, 0.15) is 33.6 Å². The van der Waals surface area contributed by atoms with Gasteiger partial charge in [-0.25, -0.2) is 0 Å². The summed E-state index contributed by atoms with van der Waals surface area (Å²) < 4.78 is 0. The van der Waals surface area contributed by atoms with Gasteiger partial charge in [0.05, 0.1) is 11.1 Å². The molecular formula is C12H11N2O4-. The van der Waals surface area contributed by atoms with Crippen molar-refractivity contribution in [1.82, 2.24) is 4.90 Å². The van der Waals surface area contributed by atoms with E-state index in [9.17, 15) is 19.5 Å². The fourth-order valence-corrected chi connectivity index (χ4v) is 1.89. The number of carboxylic acid groups (broad SMARTS) is 1. The predicted octanol–water partition coefficient (Wildman–Crippen LogP) is -0.605. The average Bonchev–Trinajstić information content (AvgIpc) is 2.53. The Hall–Kier alpha value is -2.37. The van der Waals surface area contributed by atoms with Crippen molar-refractivity contribution in [3.8, 4) is 0 Å². The number of carbonyl (C=O) groups excluding carboxylic acids is 3. The molecule has 2 rings (SSSR count). The number of rotatable bonds is 4. The number of hydrogen-bond donors (Lipinski definition) is 1. The van der Waals surface area contributed by atoms with Crippen molar-refractivity contribution in [3.63, 3.8) is 0 Å². The molecule has 0 atom stereocenters. The van der Waals surface area contributed by atoms with Crippen LogP contribution >= 0.6 is 0 Å². The zero-order chi connectivity index (χ0) is 13.3. The summed E-state index contributed by atoms with van der Waals surface area (Å²) >= 11 is 0. The van der Waals surface area contributed by atoms with Gasteiger partial charge in [-0.2, -0.15) is 0 Å². The summed E-state index contributed by atoms with van der Waals surface area (Å²) in [4.78, 5) is 35.1. The van der Waals surface area contributed by atoms with E-state index in [1.165, 1.54) is 12.1 Å². The van der Waals surface area contributed by atoms with Crippen molar-refractivity contribution < 1.29 is 19.5 Å². The van der Waals surface area contributed by atoms with E-state index in [2.05, 4.69) is 0 Å². The molecule has 6 heteroatoms. The van der Waals surface area contributed by atoms with Crippen LogP contribution in [0, 0.1) is 0 Å². The lowest BCUT2D eigenvalue weighted by Gasteiger charge is -2.13. The summed E-state index contributed by atoms with van der Waals surface area (Å²) in [5, 5.41) is 10.3. The SMILES string of the molecule is Nc1ccc2c(c1)C(=O)N(CCCC(=O)[O-])C2=O. The standard InChI is InChI=1S/C12H12N2O4/c13-7-3-4-8-9(6-7)12(18)14(11(8)17)5-1-2-10(15)16/h3-4,6H,1-2,5,13H2,(H,15,16)/p-1. The van der Waals surface area contributed by atoms with Crippen LogP contribution < -0.4 is 10.8 Å². The van der Waals surface area contributed by atoms with Crippen LogP contribution in [-0.2, 0) is 4.79 Å². The summed E-state index contributed by atoms with van der Waals surface area (Å²) in [7, 11) is 0. The molecule has 2 N–H and O–H groups in total. The van der Waals surface area contributed by atoms with Crippen molar-refractivity contribution >= 4 is 23.5 Å². The highest BCUT2D eigenvalue weighted by Gasteiger charge is 2.34. The van der Waals surface area contributed by atoms with E-state index in [0.29, 0.717) is 11.3 Å². The van der Waals surface area contributed by atoms with E-state index < -0.39 is 17.8 Å². The molecule has 0 fully saturated rings. The Morgan fingerprint density at radius 2 is 1.89 bits per heavy atom. The zero-order valence-corrected chi connectivity index (χ0v) is 9.51. The largest absolute Gasteiger partial charge is 0.550 e. The molecule has 1 aliphatic rings. The van der Waals surface area contributed by atoms with Gasteiger partial charge in [0.2, 0.25) is 0 Å². The van der Waals surface area contributed by atoms with Gasteiger partial charge < -0.3 is 15.6 Å². The molecule has 0 bridgehead atoms. The monoisotopic (exact) mass is 247 g/mol. The smallest absolute Gasteiger partial charge is 0.261 e. The maximum atomic E-state index is 11.9. The second-order valence-corrected chi connectivity index (χ2v) is 4.04. The molecule has 0 spiro atoms. The van der Waals surface area contributed by atoms with Gasteiger partial charge >= 0.3 is 0 Å². The maximum Gasteiger partial charge on any atom is 0.261 e. The minimum atomic E-state index is -1.20. The Labute approximate surface area is 103 Å². The number of nitrogens with two attached hydrogens (primary N) is 1. The van der Waals surface area contributed by atoms with Crippen LogP contribution in [-0.4, -0.2) is 29.2 Å². The molecule has 0 aliphatic carbocycles. The molecule has 0 saturated carbocycles. The summed E-state index contributed by atoms with van der Waals surface area (Å²) in [5.41, 5.74) is 6.54. The fraction of sp³-hybridized carbons (Fsp3) is 0.250. The van der Waals surface area contributed by atoms with Crippen molar-refractivity contribution in [2.75, 3.05) is 12.3 Å². The molecule has 18 heavy (non-hydrogen) atoms. The minimum Gasteiger partial charge on any atom is -0.550 e. The first-order chi connectivity index (χ1) is 8.50. The van der Waals surface area contributed by atoms with Gasteiger partial charge in [-0.05, 0) is 31.0 Å². The average molecular weight is 247 g/mol. The Morgan fingerprint density at radius 3 is 2.56 bits per heavy atom. The van der Waals surface area contributed by atoms with E-state index in [1.807, 2.05) is 0 Å². The molecule has 1 aliphatic heterocycles. The summed E-state index contributed by atoms with van der Waals surface area (Å²) in [5.74, 6) is -2.04. The van der Waals surface area contributed by atoms with Gasteiger partial charge in [-0.3, -0.25) is 14.5 Å². The van der Waals surface area contributed by atoms with E-state index in [4.69, 9.17) is 5.73 Å². The quantitative estimate of drug-likeness (QED) is 0.565. The van der Waals surface area contributed by atoms with Gasteiger partial charge in [-0.1, -0.05) is 0 Å². The number of imide groups is 1. The number of benzene rings is 1. The van der Waals surface area contributed by atoms with Crippen LogP contribution in [0.4, 0.5) is 5.69 Å². The molecule has 1 heterocycles. The molecule has 2 amide bonds. The molecule has 1 aromatic carbocycles. The number of amides is 2. The van der Waals surface area contributed by atoms with Crippen molar-refractivity contribution in [2.45, 2.75) is 12.8 Å². The zero-order valence-electron chi connectivity index (χ0n) is 9.51. The Kier molecular flexibility index (Phi) is 3.01. The number of fused-ring (bicyclic) bond motifs is 1. The van der Waals surface area contributed by atoms with Crippen LogP contribution in [0.2, 0.25) is 0 Å². The van der Waals surface area contributed by atoms with Gasteiger partial charge in [0.25, 0.3) is 11.8 Å². The number of hydrogen-bond acceptors (Lipinski definition) is 5. The normalized spacial score (nSPS) is 13.9. The molecule has 0 aromatic heterocycles. The third kappa shape index (κ3) is 2.04. The van der Waals surface area contributed by atoms with Gasteiger partial charge in [0.1, 0.15) is 0 Å². The third-order valence-electron chi connectivity index (χ3n) is 2.76. The lowest BCUT2D eigenvalue weighted by atomic mass is 10.1. The minimum absolute atomic E-state index is 0.0697. The summed E-state index contributed by atoms with van der Waals surface area (Å²) in [6, 6.07) is 4.51. The van der Waals surface area contributed by atoms with E-state index in [-0.39, 0.29) is 24.9 Å². The second kappa shape index (κ2) is 4.48. The molecule has 0 unspecified atom stereocenters. The fourth-order valence-electron chi connectivity index (χ4n) is 1.89. The molecule has 0 radical (unpaired) electrons. The number of carboxylic acids is 1. The van der Waals surface area contributed by atoms with E-state index >= 15 is 0 Å². The van der Waals surface area contributed by atoms with Crippen LogP contribution in [0.25, 0.3) is 0 Å². The summed E-state index contributed by atoms with van der Waals surface area (Å²) in [6.07, 6.45) is -0.00116. The van der Waals surface area contributed by atoms with Crippen LogP contribution in [0.3, 0.4) is 0 Å². The molecule has 6 nitrogen and oxygen atoms in total. The number of nitrogen functional groups attached to an aromatic ring is 1. The Morgan fingerprint density at radius 1 is 1.22 bits per heavy atom. The highest BCUT2D eigenvalue weighted by Crippen LogP contribution is 2.24. The highest BCUT2D eigenvalue weighted by atomic mass is 16.4. The number of anilines is 1. The van der Waals surface area contributed by atoms with Crippen LogP contribution in [0.5, 0.6) is 0 Å². The topological polar surface area (TPSA) is 104 Å². The molecule has 0 saturated heterocycles. The van der Waals surface area contributed by atoms with Crippen molar-refractivity contribution in [3.05, 3.63) is 29.3 Å². The van der Waals surface area contributed by atoms with Crippen LogP contribution in [0.15, 0.2) is 18.2 Å². The van der Waals surface area contributed by atoms with Gasteiger partial charge in [0.15, 0.2) is 0 Å². The second-order valence-electron chi connectivity index (χ2n) is 4.04. The molecular weight excluding hydrogens is 236 g/mol. The number of nitrogens with zero attached hydrogens (tertiary/aromatic N) is 1. The lowest BCUT2D eigenvalue weighted by molar-refractivity contribution is -0.305. The van der Waals surface area contributed by atoms with Gasteiger partial charge in [-0.15, -0.1) is 0 Å². The first-order valence-electron chi connectivity index (χ1n) is 5.46. The Balaban J connectivity index is 2.15.